The van der Waals surface area contributed by atoms with Crippen LogP contribution in [0.5, 0.6) is 5.75 Å². The third kappa shape index (κ3) is 3.00. The number of aromatic nitrogens is 1. The van der Waals surface area contributed by atoms with Crippen LogP contribution < -0.4 is 10.1 Å². The molecule has 0 atom stereocenters. The van der Waals surface area contributed by atoms with Crippen LogP contribution in [0.2, 0.25) is 0 Å². The molecule has 1 aromatic carbocycles. The molecular weight excluding hydrogens is 284 g/mol. The molecule has 1 heterocycles. The molecule has 0 aliphatic carbocycles. The highest BCUT2D eigenvalue weighted by molar-refractivity contribution is 6.01. The van der Waals surface area contributed by atoms with Gasteiger partial charge in [-0.3, -0.25) is 9.78 Å². The summed E-state index contributed by atoms with van der Waals surface area (Å²) >= 11 is 0. The Balaban J connectivity index is 2.41. The Hall–Kier alpha value is -2.63. The van der Waals surface area contributed by atoms with E-state index in [0.717, 1.165) is 5.39 Å². The molecule has 1 amide bonds. The predicted molar refractivity (Wildman–Crippen MR) is 82.2 cm³/mol. The molecule has 22 heavy (non-hydrogen) atoms. The van der Waals surface area contributed by atoms with E-state index < -0.39 is 17.4 Å². The Labute approximate surface area is 128 Å². The maximum atomic E-state index is 12.3. The Kier molecular flexibility index (Phi) is 4.03. The van der Waals surface area contributed by atoms with E-state index >= 15 is 0 Å². The van der Waals surface area contributed by atoms with E-state index in [-0.39, 0.29) is 0 Å². The van der Waals surface area contributed by atoms with Gasteiger partial charge in [0.15, 0.2) is 0 Å². The number of hydrogen-bond acceptors (Lipinski definition) is 4. The van der Waals surface area contributed by atoms with Crippen LogP contribution in [-0.2, 0) is 4.79 Å². The van der Waals surface area contributed by atoms with E-state index in [2.05, 4.69) is 10.3 Å². The first-order valence-electron chi connectivity index (χ1n) is 6.76. The largest absolute Gasteiger partial charge is 0.497 e. The highest BCUT2D eigenvalue weighted by atomic mass is 16.5. The number of hydrogen-bond donors (Lipinski definition) is 2. The summed E-state index contributed by atoms with van der Waals surface area (Å²) in [6, 6.07) is 7.07. The molecule has 2 rings (SSSR count). The molecule has 6 nitrogen and oxygen atoms in total. The Morgan fingerprint density at radius 1 is 1.27 bits per heavy atom. The van der Waals surface area contributed by atoms with Crippen LogP contribution >= 0.6 is 0 Å². The van der Waals surface area contributed by atoms with E-state index in [1.54, 1.807) is 38.3 Å². The van der Waals surface area contributed by atoms with Gasteiger partial charge < -0.3 is 15.2 Å². The van der Waals surface area contributed by atoms with Gasteiger partial charge in [0.1, 0.15) is 11.3 Å². The molecule has 0 saturated heterocycles. The van der Waals surface area contributed by atoms with Gasteiger partial charge in [-0.1, -0.05) is 0 Å². The topological polar surface area (TPSA) is 88.5 Å². The molecule has 6 heteroatoms. The first-order valence-corrected chi connectivity index (χ1v) is 6.76. The first-order chi connectivity index (χ1) is 10.2. The van der Waals surface area contributed by atoms with Crippen LogP contribution in [0.15, 0.2) is 24.3 Å². The first kappa shape index (κ1) is 15.8. The monoisotopic (exact) mass is 302 g/mol. The number of nitrogens with one attached hydrogen (secondary N) is 1. The normalized spacial score (nSPS) is 11.3. The summed E-state index contributed by atoms with van der Waals surface area (Å²) in [5.74, 6) is -0.879. The third-order valence-corrected chi connectivity index (χ3v) is 3.42. The Morgan fingerprint density at radius 3 is 2.55 bits per heavy atom. The lowest BCUT2D eigenvalue weighted by Gasteiger charge is -2.21. The fourth-order valence-electron chi connectivity index (χ4n) is 2.00. The van der Waals surface area contributed by atoms with Gasteiger partial charge in [-0.2, -0.15) is 0 Å². The molecule has 0 bridgehead atoms. The fraction of sp³-hybridized carbons (Fsp3) is 0.312. The summed E-state index contributed by atoms with van der Waals surface area (Å²) in [7, 11) is 1.57. The lowest BCUT2D eigenvalue weighted by Crippen LogP contribution is -2.49. The standard InChI is InChI=1S/C16H18N2O4/c1-9-12(14(19)18-16(2,3)15(20)21)7-10-5-6-11(22-4)8-13(10)17-9/h5-8H,1-4H3,(H,18,19)(H,20,21). The summed E-state index contributed by atoms with van der Waals surface area (Å²) in [6.07, 6.45) is 0. The molecule has 116 valence electrons. The van der Waals surface area contributed by atoms with Crippen molar-refractivity contribution >= 4 is 22.8 Å². The number of rotatable bonds is 4. The number of methoxy groups -OCH3 is 1. The highest BCUT2D eigenvalue weighted by Gasteiger charge is 2.30. The van der Waals surface area contributed by atoms with E-state index in [0.29, 0.717) is 22.5 Å². The number of carbonyl (C=O) groups is 2. The summed E-state index contributed by atoms with van der Waals surface area (Å²) < 4.78 is 5.15. The number of amides is 1. The SMILES string of the molecule is COc1ccc2cc(C(=O)NC(C)(C)C(=O)O)c(C)nc2c1. The number of aryl methyl sites for hydroxylation is 1. The van der Waals surface area contributed by atoms with Gasteiger partial charge in [-0.25, -0.2) is 4.79 Å². The quantitative estimate of drug-likeness (QED) is 0.903. The average molecular weight is 302 g/mol. The lowest BCUT2D eigenvalue weighted by atomic mass is 10.0. The summed E-state index contributed by atoms with van der Waals surface area (Å²) in [6.45, 7) is 4.57. The van der Waals surface area contributed by atoms with Crippen molar-refractivity contribution < 1.29 is 19.4 Å². The molecule has 0 saturated carbocycles. The number of benzene rings is 1. The van der Waals surface area contributed by atoms with Crippen molar-refractivity contribution in [1.82, 2.24) is 10.3 Å². The molecule has 1 aromatic heterocycles. The van der Waals surface area contributed by atoms with Crippen molar-refractivity contribution in [2.24, 2.45) is 0 Å². The lowest BCUT2D eigenvalue weighted by molar-refractivity contribution is -0.143. The van der Waals surface area contributed by atoms with Gasteiger partial charge in [-0.05, 0) is 39.0 Å². The summed E-state index contributed by atoms with van der Waals surface area (Å²) in [5, 5.41) is 12.4. The van der Waals surface area contributed by atoms with E-state index in [9.17, 15) is 9.59 Å². The number of ether oxygens (including phenoxy) is 1. The molecule has 0 aliphatic heterocycles. The van der Waals surface area contributed by atoms with Crippen LogP contribution in [0.4, 0.5) is 0 Å². The smallest absolute Gasteiger partial charge is 0.328 e. The van der Waals surface area contributed by atoms with Gasteiger partial charge in [0, 0.05) is 11.5 Å². The second-order valence-corrected chi connectivity index (χ2v) is 5.56. The number of carboxylic acids is 1. The number of carbonyl (C=O) groups excluding carboxylic acids is 1. The third-order valence-electron chi connectivity index (χ3n) is 3.42. The predicted octanol–water partition coefficient (Wildman–Crippen LogP) is 2.14. The number of aliphatic carboxylic acids is 1. The number of nitrogens with zero attached hydrogens (tertiary/aromatic N) is 1. The van der Waals surface area contributed by atoms with E-state index in [1.165, 1.54) is 13.8 Å². The average Bonchev–Trinajstić information content (AvgIpc) is 2.45. The van der Waals surface area contributed by atoms with Crippen LogP contribution in [-0.4, -0.2) is 34.6 Å². The fourth-order valence-corrected chi connectivity index (χ4v) is 2.00. The number of fused-ring (bicyclic) bond motifs is 1. The summed E-state index contributed by atoms with van der Waals surface area (Å²) in [4.78, 5) is 27.8. The van der Waals surface area contributed by atoms with Gasteiger partial charge >= 0.3 is 5.97 Å². The minimum absolute atomic E-state index is 0.354. The molecule has 0 radical (unpaired) electrons. The highest BCUT2D eigenvalue weighted by Crippen LogP contribution is 2.22. The molecule has 0 unspecified atom stereocenters. The number of carboxylic acid groups (broad SMARTS) is 1. The van der Waals surface area contributed by atoms with Crippen LogP contribution in [0, 0.1) is 6.92 Å². The maximum absolute atomic E-state index is 12.3. The van der Waals surface area contributed by atoms with Crippen molar-refractivity contribution in [2.45, 2.75) is 26.3 Å². The maximum Gasteiger partial charge on any atom is 0.328 e. The number of pyridine rings is 1. The van der Waals surface area contributed by atoms with E-state index in [4.69, 9.17) is 9.84 Å². The Morgan fingerprint density at radius 2 is 1.95 bits per heavy atom. The Bertz CT molecular complexity index is 753. The van der Waals surface area contributed by atoms with Crippen molar-refractivity contribution in [3.05, 3.63) is 35.5 Å². The van der Waals surface area contributed by atoms with Gasteiger partial charge in [-0.15, -0.1) is 0 Å². The van der Waals surface area contributed by atoms with Crippen LogP contribution in [0.3, 0.4) is 0 Å². The minimum atomic E-state index is -1.35. The minimum Gasteiger partial charge on any atom is -0.497 e. The molecule has 2 aromatic rings. The second-order valence-electron chi connectivity index (χ2n) is 5.56. The molecule has 2 N–H and O–H groups in total. The van der Waals surface area contributed by atoms with Gasteiger partial charge in [0.05, 0.1) is 23.9 Å². The molecular formula is C16H18N2O4. The zero-order valence-electron chi connectivity index (χ0n) is 12.9. The zero-order valence-corrected chi connectivity index (χ0v) is 12.9. The van der Waals surface area contributed by atoms with E-state index in [1.807, 2.05) is 0 Å². The van der Waals surface area contributed by atoms with Crippen molar-refractivity contribution in [3.8, 4) is 5.75 Å². The van der Waals surface area contributed by atoms with Crippen molar-refractivity contribution in [3.63, 3.8) is 0 Å². The zero-order chi connectivity index (χ0) is 16.5. The van der Waals surface area contributed by atoms with Gasteiger partial charge in [0.2, 0.25) is 0 Å². The molecule has 0 aliphatic rings. The second kappa shape index (κ2) is 5.63. The molecule has 0 spiro atoms. The van der Waals surface area contributed by atoms with Gasteiger partial charge in [0.25, 0.3) is 5.91 Å². The molecule has 0 fully saturated rings. The summed E-state index contributed by atoms with van der Waals surface area (Å²) in [5.41, 5.74) is 0.246. The van der Waals surface area contributed by atoms with Crippen LogP contribution in [0.1, 0.15) is 29.9 Å². The van der Waals surface area contributed by atoms with Crippen molar-refractivity contribution in [2.75, 3.05) is 7.11 Å². The van der Waals surface area contributed by atoms with Crippen molar-refractivity contribution in [1.29, 1.82) is 0 Å². The van der Waals surface area contributed by atoms with Crippen LogP contribution in [0.25, 0.3) is 10.9 Å².